The van der Waals surface area contributed by atoms with Crippen molar-refractivity contribution in [3.05, 3.63) is 186 Å². The second kappa shape index (κ2) is 29.7. The zero-order valence-electron chi connectivity index (χ0n) is 52.0. The summed E-state index contributed by atoms with van der Waals surface area (Å²) in [6.45, 7) is 1.19. The predicted molar refractivity (Wildman–Crippen MR) is 331 cm³/mol. The van der Waals surface area contributed by atoms with E-state index >= 15 is 0 Å². The molecule has 2 fully saturated rings. The summed E-state index contributed by atoms with van der Waals surface area (Å²) >= 11 is 24.0. The molecule has 0 bridgehead atoms. The van der Waals surface area contributed by atoms with Crippen molar-refractivity contribution in [1.82, 2.24) is 70.2 Å². The Labute approximate surface area is 578 Å². The van der Waals surface area contributed by atoms with Crippen molar-refractivity contribution in [1.29, 1.82) is 0 Å². The molecule has 6 heterocycles. The Morgan fingerprint density at radius 3 is 1.43 bits per heavy atom. The van der Waals surface area contributed by atoms with E-state index in [0.717, 1.165) is 79.5 Å². The third kappa shape index (κ3) is 15.5. The maximum absolute atomic E-state index is 14.8. The zero-order chi connectivity index (χ0) is 72.0. The first-order valence-corrected chi connectivity index (χ1v) is 31.3. The minimum atomic E-state index is -4.97. The summed E-state index contributed by atoms with van der Waals surface area (Å²) in [6.07, 6.45) is -21.5. The van der Waals surface area contributed by atoms with Crippen molar-refractivity contribution in [2.75, 3.05) is 26.9 Å². The van der Waals surface area contributed by atoms with Gasteiger partial charge in [-0.15, -0.1) is 10.2 Å². The summed E-state index contributed by atoms with van der Waals surface area (Å²) in [5, 5.41) is 62.1. The van der Waals surface area contributed by atoms with Crippen molar-refractivity contribution in [2.45, 2.75) is 113 Å². The monoisotopic (exact) mass is 1480 g/mol. The van der Waals surface area contributed by atoms with E-state index in [1.807, 2.05) is 0 Å². The fourth-order valence-corrected chi connectivity index (χ4v) is 12.1. The van der Waals surface area contributed by atoms with E-state index in [2.05, 4.69) is 51.4 Å². The summed E-state index contributed by atoms with van der Waals surface area (Å²) in [4.78, 5) is 36.6. The topological polar surface area (TPSA) is 288 Å². The molecule has 11 atom stereocenters. The summed E-state index contributed by atoms with van der Waals surface area (Å²) in [7, 11) is 1.25. The van der Waals surface area contributed by atoms with Crippen LogP contribution >= 0.6 is 46.4 Å². The number of aromatic nitrogens is 12. The number of aliphatic hydroxyl groups is 3. The molecule has 38 heteroatoms. The van der Waals surface area contributed by atoms with Gasteiger partial charge in [-0.3, -0.25) is 9.59 Å². The number of rotatable bonds is 21. The number of methoxy groups -OCH3 is 1. The van der Waals surface area contributed by atoms with E-state index in [1.54, 1.807) is 24.3 Å². The second-order valence-corrected chi connectivity index (χ2v) is 24.6. The maximum atomic E-state index is 14.8. The molecule has 0 saturated carbocycles. The van der Waals surface area contributed by atoms with Crippen molar-refractivity contribution in [2.24, 2.45) is 0 Å². The number of aliphatic hydroxyl groups excluding tert-OH is 3. The third-order valence-corrected chi connectivity index (χ3v) is 17.4. The standard InChI is InChI=1S/C62H54Cl4F10N14O10/c1-26(92)53-54(96-4)51(88-22-42(82-86-88)32-15-39(69)49(66)40(70)16-32)56(58(100-53)60-80-28(3)84-90(60)44-18-34(64)10-12-36(44)62(74,75)76)98-25-47(94)78-20-30-7-5-29(6-8-30)19-77-46(93)24-97-55-50(87-21-41(81-85-87)31-13-37(67)48(65)38(68)14-31)52(95)45(23-91)99-57(55)59-79-27(2)83-89(59)43-17-33(63)9-11-35(43)61(71,72)73/h5-18,21-22,26,45,50-58,91-92,95H,19-20,23-25H2,1-4H3,(H,77,93)(H,78,94). The van der Waals surface area contributed by atoms with Crippen LogP contribution < -0.4 is 10.6 Å². The molecule has 9 aromatic rings. The minimum absolute atomic E-state index is 0.0623. The molecule has 0 spiro atoms. The predicted octanol–water partition coefficient (Wildman–Crippen LogP) is 9.70. The molecule has 100 heavy (non-hydrogen) atoms. The molecule has 5 N–H and O–H groups in total. The number of halogens is 14. The fourth-order valence-electron chi connectivity index (χ4n) is 11.6. The molecule has 0 radical (unpaired) electrons. The van der Waals surface area contributed by atoms with Crippen LogP contribution in [0, 0.1) is 37.1 Å². The Balaban J connectivity index is 0.818. The van der Waals surface area contributed by atoms with Gasteiger partial charge in [-0.05, 0) is 92.6 Å². The molecule has 2 aliphatic heterocycles. The summed E-state index contributed by atoms with van der Waals surface area (Å²) < 4.78 is 182. The Morgan fingerprint density at radius 2 is 1.03 bits per heavy atom. The van der Waals surface area contributed by atoms with Gasteiger partial charge in [0, 0.05) is 41.4 Å². The number of nitrogens with zero attached hydrogens (tertiary/aromatic N) is 12. The number of carbonyl (C=O) groups is 2. The quantitative estimate of drug-likeness (QED) is 0.0330. The fraction of sp³-hybridized carbons (Fsp3) is 0.355. The van der Waals surface area contributed by atoms with E-state index < -0.39 is 167 Å². The molecule has 2 aliphatic rings. The summed E-state index contributed by atoms with van der Waals surface area (Å²) in [5.74, 6) is -6.99. The molecule has 2 amide bonds. The Bertz CT molecular complexity index is 4440. The first-order valence-electron chi connectivity index (χ1n) is 29.8. The number of alkyl halides is 6. The van der Waals surface area contributed by atoms with Gasteiger partial charge in [0.05, 0.1) is 47.6 Å². The lowest BCUT2D eigenvalue weighted by Crippen LogP contribution is -2.57. The Kier molecular flexibility index (Phi) is 21.7. The van der Waals surface area contributed by atoms with Gasteiger partial charge in [0.25, 0.3) is 0 Å². The van der Waals surface area contributed by atoms with E-state index in [-0.39, 0.29) is 68.9 Å². The van der Waals surface area contributed by atoms with Gasteiger partial charge in [-0.25, -0.2) is 46.3 Å². The van der Waals surface area contributed by atoms with Crippen molar-refractivity contribution < 1.29 is 92.5 Å². The number of carbonyl (C=O) groups excluding carboxylic acids is 2. The highest BCUT2D eigenvalue weighted by molar-refractivity contribution is 6.31. The molecule has 11 unspecified atom stereocenters. The van der Waals surface area contributed by atoms with Crippen LogP contribution in [0.25, 0.3) is 33.9 Å². The molecule has 11 rings (SSSR count). The smallest absolute Gasteiger partial charge is 0.394 e. The first kappa shape index (κ1) is 73.0. The molecular formula is C62H54Cl4F10N14O10. The Morgan fingerprint density at radius 1 is 0.620 bits per heavy atom. The normalized spacial score (nSPS) is 21.5. The molecule has 4 aromatic heterocycles. The summed E-state index contributed by atoms with van der Waals surface area (Å²) in [5.41, 5.74) is -3.15. The molecule has 5 aromatic carbocycles. The van der Waals surface area contributed by atoms with Gasteiger partial charge < -0.3 is 49.6 Å². The van der Waals surface area contributed by atoms with Crippen LogP contribution in [0.3, 0.4) is 0 Å². The highest BCUT2D eigenvalue weighted by Gasteiger charge is 2.54. The van der Waals surface area contributed by atoms with Crippen LogP contribution in [0.4, 0.5) is 43.9 Å². The van der Waals surface area contributed by atoms with Crippen LogP contribution in [-0.2, 0) is 58.7 Å². The number of amides is 2. The number of hydrogen-bond acceptors (Lipinski definition) is 18. The van der Waals surface area contributed by atoms with Gasteiger partial charge in [0.15, 0.2) is 11.6 Å². The van der Waals surface area contributed by atoms with Crippen LogP contribution in [0.15, 0.2) is 97.3 Å². The Hall–Kier alpha value is -8.26. The molecule has 530 valence electrons. The van der Waals surface area contributed by atoms with E-state index in [9.17, 15) is 68.8 Å². The number of benzene rings is 5. The van der Waals surface area contributed by atoms with E-state index in [1.165, 1.54) is 34.1 Å². The van der Waals surface area contributed by atoms with Gasteiger partial charge >= 0.3 is 12.4 Å². The van der Waals surface area contributed by atoms with Crippen molar-refractivity contribution in [3.63, 3.8) is 0 Å². The summed E-state index contributed by atoms with van der Waals surface area (Å²) in [6, 6.07) is 12.4. The molecular weight excluding hydrogens is 1430 g/mol. The largest absolute Gasteiger partial charge is 0.418 e. The highest BCUT2D eigenvalue weighted by atomic mass is 35.5. The maximum Gasteiger partial charge on any atom is 0.418 e. The molecule has 2 saturated heterocycles. The average molecular weight is 1490 g/mol. The lowest BCUT2D eigenvalue weighted by molar-refractivity contribution is -0.241. The average Bonchev–Trinajstić information content (AvgIpc) is 1.46. The van der Waals surface area contributed by atoms with E-state index in [4.69, 9.17) is 70.1 Å². The van der Waals surface area contributed by atoms with Gasteiger partial charge in [0.1, 0.15) is 130 Å². The van der Waals surface area contributed by atoms with Gasteiger partial charge in [-0.2, -0.15) is 36.5 Å². The lowest BCUT2D eigenvalue weighted by Gasteiger charge is -2.46. The third-order valence-electron chi connectivity index (χ3n) is 16.2. The van der Waals surface area contributed by atoms with Crippen LogP contribution in [0.5, 0.6) is 0 Å². The van der Waals surface area contributed by atoms with Crippen molar-refractivity contribution >= 4 is 58.2 Å². The van der Waals surface area contributed by atoms with Crippen LogP contribution in [0.2, 0.25) is 20.1 Å². The zero-order valence-corrected chi connectivity index (χ0v) is 55.0. The molecule has 24 nitrogen and oxygen atoms in total. The van der Waals surface area contributed by atoms with Crippen LogP contribution in [-0.4, -0.2) is 156 Å². The highest BCUT2D eigenvalue weighted by Crippen LogP contribution is 2.46. The van der Waals surface area contributed by atoms with Crippen molar-refractivity contribution in [3.8, 4) is 33.9 Å². The van der Waals surface area contributed by atoms with Crippen LogP contribution in [0.1, 0.15) is 76.8 Å². The van der Waals surface area contributed by atoms with Gasteiger partial charge in [-0.1, -0.05) is 81.1 Å². The SMILES string of the molecule is COC1C(C(C)O)OC(c2nc(C)nn2-c2cc(Cl)ccc2C(F)(F)F)C(OCC(=O)NCc2ccc(CNC(=O)COC3C(c4nc(C)nn4-c4cc(Cl)ccc4C(F)(F)F)OC(CO)C(O)C3n3cc(-c4cc(F)c(Cl)c(F)c4)nn3)cc2)C1n1cc(-c2cc(F)c(Cl)c(F)c2)nn1. The van der Waals surface area contributed by atoms with Gasteiger partial charge in [0.2, 0.25) is 11.8 Å². The molecule has 0 aliphatic carbocycles. The number of aryl methyl sites for hydroxylation is 2. The number of hydrogen-bond donors (Lipinski definition) is 5. The second-order valence-electron chi connectivity index (χ2n) is 23.0. The lowest BCUT2D eigenvalue weighted by atomic mass is 9.89. The number of ether oxygens (including phenoxy) is 5. The number of nitrogens with one attached hydrogen (secondary N) is 2. The first-order chi connectivity index (χ1) is 47.4. The minimum Gasteiger partial charge on any atom is -0.394 e. The van der Waals surface area contributed by atoms with E-state index in [0.29, 0.717) is 17.2 Å².